The number of piperidine rings is 2. The van der Waals surface area contributed by atoms with Crippen molar-refractivity contribution in [3.8, 4) is 0 Å². The Morgan fingerprint density at radius 2 is 1.64 bits per heavy atom. The first-order valence-corrected chi connectivity index (χ1v) is 8.97. The first-order chi connectivity index (χ1) is 10.7. The molecule has 0 amide bonds. The van der Waals surface area contributed by atoms with Gasteiger partial charge in [-0.3, -0.25) is 4.90 Å². The van der Waals surface area contributed by atoms with Crippen LogP contribution in [-0.4, -0.2) is 42.3 Å². The number of hydrogen-bond donors (Lipinski definition) is 1. The lowest BCUT2D eigenvalue weighted by Gasteiger charge is -2.33. The third-order valence-corrected chi connectivity index (χ3v) is 5.38. The van der Waals surface area contributed by atoms with E-state index >= 15 is 0 Å². The Morgan fingerprint density at radius 3 is 2.23 bits per heavy atom. The van der Waals surface area contributed by atoms with E-state index in [-0.39, 0.29) is 6.10 Å². The van der Waals surface area contributed by atoms with Crippen LogP contribution in [0.4, 0.5) is 5.69 Å². The molecule has 0 bridgehead atoms. The summed E-state index contributed by atoms with van der Waals surface area (Å²) in [5, 5.41) is 9.68. The molecule has 1 N–H and O–H groups in total. The molecular weight excluding hydrogens is 272 g/mol. The van der Waals surface area contributed by atoms with Gasteiger partial charge in [-0.15, -0.1) is 0 Å². The second kappa shape index (κ2) is 7.47. The molecule has 3 rings (SSSR count). The van der Waals surface area contributed by atoms with Gasteiger partial charge in [-0.05, 0) is 75.7 Å². The van der Waals surface area contributed by atoms with Crippen LogP contribution in [0.25, 0.3) is 0 Å². The third-order valence-electron chi connectivity index (χ3n) is 5.38. The fourth-order valence-electron chi connectivity index (χ4n) is 3.82. The van der Waals surface area contributed by atoms with E-state index in [0.717, 1.165) is 32.5 Å². The molecule has 2 saturated heterocycles. The Morgan fingerprint density at radius 1 is 1.00 bits per heavy atom. The van der Waals surface area contributed by atoms with Crippen molar-refractivity contribution in [2.24, 2.45) is 5.92 Å². The van der Waals surface area contributed by atoms with E-state index in [9.17, 15) is 5.11 Å². The summed E-state index contributed by atoms with van der Waals surface area (Å²) in [5.41, 5.74) is 2.80. The van der Waals surface area contributed by atoms with Crippen LogP contribution in [0, 0.1) is 5.92 Å². The standard InChI is InChI=1S/C19H30N2O/c1-16(22)18-9-13-20(14-10-18)15-17-5-7-19(8-6-17)21-11-3-2-4-12-21/h5-8,16,18,22H,2-4,9-15H2,1H3. The summed E-state index contributed by atoms with van der Waals surface area (Å²) in [6.45, 7) is 7.64. The second-order valence-electron chi connectivity index (χ2n) is 7.07. The van der Waals surface area contributed by atoms with Gasteiger partial charge in [0.2, 0.25) is 0 Å². The van der Waals surface area contributed by atoms with Gasteiger partial charge in [0.15, 0.2) is 0 Å². The van der Waals surface area contributed by atoms with Crippen molar-refractivity contribution in [2.75, 3.05) is 31.1 Å². The highest BCUT2D eigenvalue weighted by Crippen LogP contribution is 2.23. The molecule has 2 aliphatic heterocycles. The Labute approximate surface area is 134 Å². The van der Waals surface area contributed by atoms with Gasteiger partial charge in [-0.1, -0.05) is 12.1 Å². The third kappa shape index (κ3) is 4.02. The highest BCUT2D eigenvalue weighted by Gasteiger charge is 2.22. The summed E-state index contributed by atoms with van der Waals surface area (Å²) in [5.74, 6) is 0.498. The summed E-state index contributed by atoms with van der Waals surface area (Å²) < 4.78 is 0. The van der Waals surface area contributed by atoms with Crippen LogP contribution in [0.1, 0.15) is 44.6 Å². The summed E-state index contributed by atoms with van der Waals surface area (Å²) in [4.78, 5) is 5.04. The van der Waals surface area contributed by atoms with Crippen molar-refractivity contribution in [3.05, 3.63) is 29.8 Å². The monoisotopic (exact) mass is 302 g/mol. The molecule has 0 radical (unpaired) electrons. The molecule has 2 fully saturated rings. The highest BCUT2D eigenvalue weighted by molar-refractivity contribution is 5.47. The molecule has 122 valence electrons. The molecule has 0 aliphatic carbocycles. The zero-order valence-electron chi connectivity index (χ0n) is 13.9. The Bertz CT molecular complexity index is 443. The van der Waals surface area contributed by atoms with Gasteiger partial charge >= 0.3 is 0 Å². The van der Waals surface area contributed by atoms with Crippen molar-refractivity contribution in [1.29, 1.82) is 0 Å². The molecule has 22 heavy (non-hydrogen) atoms. The summed E-state index contributed by atoms with van der Waals surface area (Å²) >= 11 is 0. The topological polar surface area (TPSA) is 26.7 Å². The molecule has 2 aliphatic rings. The van der Waals surface area contributed by atoms with Gasteiger partial charge in [0, 0.05) is 25.3 Å². The van der Waals surface area contributed by atoms with E-state index in [4.69, 9.17) is 0 Å². The maximum atomic E-state index is 9.68. The Hall–Kier alpha value is -1.06. The van der Waals surface area contributed by atoms with Crippen molar-refractivity contribution in [2.45, 2.75) is 51.7 Å². The number of hydrogen-bond acceptors (Lipinski definition) is 3. The number of nitrogens with zero attached hydrogens (tertiary/aromatic N) is 2. The summed E-state index contributed by atoms with van der Waals surface area (Å²) in [7, 11) is 0. The minimum absolute atomic E-state index is 0.147. The second-order valence-corrected chi connectivity index (χ2v) is 7.07. The summed E-state index contributed by atoms with van der Waals surface area (Å²) in [6, 6.07) is 9.18. The average Bonchev–Trinajstić information content (AvgIpc) is 2.57. The molecular formula is C19H30N2O. The van der Waals surface area contributed by atoms with E-state index in [2.05, 4.69) is 34.1 Å². The first-order valence-electron chi connectivity index (χ1n) is 8.97. The van der Waals surface area contributed by atoms with E-state index < -0.39 is 0 Å². The smallest absolute Gasteiger partial charge is 0.0541 e. The predicted octanol–water partition coefficient (Wildman–Crippen LogP) is 3.27. The largest absolute Gasteiger partial charge is 0.393 e. The molecule has 2 heterocycles. The summed E-state index contributed by atoms with van der Waals surface area (Å²) in [6.07, 6.45) is 6.16. The minimum atomic E-state index is -0.147. The number of rotatable bonds is 4. The van der Waals surface area contributed by atoms with Crippen LogP contribution >= 0.6 is 0 Å². The molecule has 1 aromatic rings. The van der Waals surface area contributed by atoms with Crippen molar-refractivity contribution < 1.29 is 5.11 Å². The predicted molar refractivity (Wildman–Crippen MR) is 92.2 cm³/mol. The van der Waals surface area contributed by atoms with Crippen LogP contribution in [-0.2, 0) is 6.54 Å². The normalized spacial score (nSPS) is 22.7. The number of likely N-dealkylation sites (tertiary alicyclic amines) is 1. The number of benzene rings is 1. The fraction of sp³-hybridized carbons (Fsp3) is 0.684. The van der Waals surface area contributed by atoms with Crippen LogP contribution < -0.4 is 4.90 Å². The lowest BCUT2D eigenvalue weighted by atomic mass is 9.92. The first kappa shape index (κ1) is 15.8. The van der Waals surface area contributed by atoms with E-state index in [1.54, 1.807) is 0 Å². The molecule has 1 unspecified atom stereocenters. The maximum Gasteiger partial charge on any atom is 0.0541 e. The minimum Gasteiger partial charge on any atom is -0.393 e. The van der Waals surface area contributed by atoms with Crippen LogP contribution in [0.5, 0.6) is 0 Å². The average molecular weight is 302 g/mol. The van der Waals surface area contributed by atoms with Crippen LogP contribution in [0.2, 0.25) is 0 Å². The number of anilines is 1. The van der Waals surface area contributed by atoms with Gasteiger partial charge in [0.1, 0.15) is 0 Å². The quantitative estimate of drug-likeness (QED) is 0.925. The molecule has 3 heteroatoms. The van der Waals surface area contributed by atoms with Crippen LogP contribution in [0.15, 0.2) is 24.3 Å². The van der Waals surface area contributed by atoms with E-state index in [1.165, 1.54) is 43.6 Å². The molecule has 0 saturated carbocycles. The molecule has 1 atom stereocenters. The SMILES string of the molecule is CC(O)C1CCN(Cc2ccc(N3CCCCC3)cc2)CC1. The van der Waals surface area contributed by atoms with Gasteiger partial charge in [-0.25, -0.2) is 0 Å². The molecule has 0 aromatic heterocycles. The van der Waals surface area contributed by atoms with Gasteiger partial charge in [0.05, 0.1) is 6.10 Å². The Kier molecular flexibility index (Phi) is 5.37. The van der Waals surface area contributed by atoms with Crippen molar-refractivity contribution in [1.82, 2.24) is 4.90 Å². The van der Waals surface area contributed by atoms with E-state index in [0.29, 0.717) is 5.92 Å². The van der Waals surface area contributed by atoms with E-state index in [1.807, 2.05) is 6.92 Å². The molecule has 1 aromatic carbocycles. The molecule has 0 spiro atoms. The Balaban J connectivity index is 1.51. The highest BCUT2D eigenvalue weighted by atomic mass is 16.3. The van der Waals surface area contributed by atoms with Gasteiger partial charge in [0.25, 0.3) is 0 Å². The lowest BCUT2D eigenvalue weighted by molar-refractivity contribution is 0.0695. The lowest BCUT2D eigenvalue weighted by Crippen LogP contribution is -2.36. The number of aliphatic hydroxyl groups is 1. The zero-order valence-corrected chi connectivity index (χ0v) is 13.9. The number of aliphatic hydroxyl groups excluding tert-OH is 1. The van der Waals surface area contributed by atoms with Crippen molar-refractivity contribution in [3.63, 3.8) is 0 Å². The molecule has 3 nitrogen and oxygen atoms in total. The van der Waals surface area contributed by atoms with Crippen molar-refractivity contribution >= 4 is 5.69 Å². The maximum absolute atomic E-state index is 9.68. The zero-order chi connectivity index (χ0) is 15.4. The van der Waals surface area contributed by atoms with Crippen LogP contribution in [0.3, 0.4) is 0 Å². The van der Waals surface area contributed by atoms with Gasteiger partial charge in [-0.2, -0.15) is 0 Å². The van der Waals surface area contributed by atoms with Gasteiger partial charge < -0.3 is 10.0 Å². The fourth-order valence-corrected chi connectivity index (χ4v) is 3.82.